The average molecular weight is 273 g/mol. The first kappa shape index (κ1) is 13.8. The maximum atomic E-state index is 11.3. The molecule has 0 fully saturated rings. The van der Waals surface area contributed by atoms with Crippen LogP contribution in [0.2, 0.25) is 0 Å². The minimum Gasteiger partial charge on any atom is -0.480 e. The molecule has 0 bridgehead atoms. The number of hydrogen-bond acceptors (Lipinski definition) is 4. The lowest BCUT2D eigenvalue weighted by molar-refractivity contribution is -0.134. The van der Waals surface area contributed by atoms with Gasteiger partial charge in [-0.2, -0.15) is 0 Å². The molecule has 8 nitrogen and oxygen atoms in total. The van der Waals surface area contributed by atoms with Gasteiger partial charge in [0, 0.05) is 11.4 Å². The van der Waals surface area contributed by atoms with Crippen molar-refractivity contribution in [3.63, 3.8) is 0 Å². The highest BCUT2D eigenvalue weighted by Crippen LogP contribution is 2.14. The van der Waals surface area contributed by atoms with E-state index in [9.17, 15) is 18.0 Å². The van der Waals surface area contributed by atoms with Gasteiger partial charge in [-0.15, -0.1) is 0 Å². The monoisotopic (exact) mass is 273 g/mol. The molecule has 0 saturated carbocycles. The molecule has 0 aliphatic carbocycles. The first-order chi connectivity index (χ1) is 8.28. The molecule has 0 radical (unpaired) electrons. The van der Waals surface area contributed by atoms with Crippen molar-refractivity contribution >= 4 is 33.4 Å². The summed E-state index contributed by atoms with van der Waals surface area (Å²) in [7, 11) is -3.93. The lowest BCUT2D eigenvalue weighted by Crippen LogP contribution is -2.22. The number of amides is 2. The number of rotatable bonds is 5. The number of anilines is 2. The van der Waals surface area contributed by atoms with Crippen LogP contribution in [0.15, 0.2) is 24.3 Å². The second kappa shape index (κ2) is 5.36. The highest BCUT2D eigenvalue weighted by atomic mass is 32.2. The van der Waals surface area contributed by atoms with E-state index in [4.69, 9.17) is 10.8 Å². The van der Waals surface area contributed by atoms with Crippen LogP contribution < -0.4 is 15.8 Å². The SMILES string of the molecule is NC(=O)Nc1ccc(NS(=O)(=O)CC(=O)O)cc1. The minimum absolute atomic E-state index is 0.186. The van der Waals surface area contributed by atoms with Crippen molar-refractivity contribution in [3.8, 4) is 0 Å². The van der Waals surface area contributed by atoms with Crippen LogP contribution in [0.5, 0.6) is 0 Å². The molecule has 1 aromatic rings. The second-order valence-electron chi connectivity index (χ2n) is 3.32. The predicted octanol–water partition coefficient (Wildman–Crippen LogP) is 0.00350. The zero-order chi connectivity index (χ0) is 13.8. The zero-order valence-corrected chi connectivity index (χ0v) is 9.90. The number of primary amides is 1. The van der Waals surface area contributed by atoms with Gasteiger partial charge in [-0.1, -0.05) is 0 Å². The topological polar surface area (TPSA) is 139 Å². The predicted molar refractivity (Wildman–Crippen MR) is 64.7 cm³/mol. The molecule has 2 amide bonds. The van der Waals surface area contributed by atoms with Crippen molar-refractivity contribution in [1.82, 2.24) is 0 Å². The zero-order valence-electron chi connectivity index (χ0n) is 9.08. The summed E-state index contributed by atoms with van der Waals surface area (Å²) in [5, 5.41) is 10.7. The van der Waals surface area contributed by atoms with E-state index in [2.05, 4.69) is 10.0 Å². The average Bonchev–Trinajstić information content (AvgIpc) is 2.17. The summed E-state index contributed by atoms with van der Waals surface area (Å²) in [5.41, 5.74) is 5.47. The number of carbonyl (C=O) groups is 2. The van der Waals surface area contributed by atoms with Crippen LogP contribution in [0.25, 0.3) is 0 Å². The van der Waals surface area contributed by atoms with Crippen LogP contribution in [0.4, 0.5) is 16.2 Å². The summed E-state index contributed by atoms with van der Waals surface area (Å²) in [4.78, 5) is 20.8. The lowest BCUT2D eigenvalue weighted by atomic mass is 10.3. The van der Waals surface area contributed by atoms with E-state index >= 15 is 0 Å². The minimum atomic E-state index is -3.93. The first-order valence-electron chi connectivity index (χ1n) is 4.67. The quantitative estimate of drug-likeness (QED) is 0.598. The van der Waals surface area contributed by atoms with Gasteiger partial charge in [-0.3, -0.25) is 9.52 Å². The molecule has 9 heteroatoms. The first-order valence-corrected chi connectivity index (χ1v) is 6.32. The van der Waals surface area contributed by atoms with Crippen molar-refractivity contribution in [2.45, 2.75) is 0 Å². The molecular weight excluding hydrogens is 262 g/mol. The summed E-state index contributed by atoms with van der Waals surface area (Å²) in [6, 6.07) is 4.83. The Morgan fingerprint density at radius 2 is 1.67 bits per heavy atom. The van der Waals surface area contributed by atoms with Gasteiger partial charge in [-0.05, 0) is 24.3 Å². The van der Waals surface area contributed by atoms with Crippen LogP contribution in [0.1, 0.15) is 0 Å². The normalized spacial score (nSPS) is 10.7. The molecule has 1 rings (SSSR count). The van der Waals surface area contributed by atoms with Crippen LogP contribution >= 0.6 is 0 Å². The summed E-state index contributed by atoms with van der Waals surface area (Å²) in [5.74, 6) is -2.47. The largest absolute Gasteiger partial charge is 0.480 e. The highest BCUT2D eigenvalue weighted by molar-refractivity contribution is 7.93. The molecule has 0 heterocycles. The van der Waals surface area contributed by atoms with Crippen LogP contribution in [0, 0.1) is 0 Å². The number of benzene rings is 1. The summed E-state index contributed by atoms with van der Waals surface area (Å²) in [6.07, 6.45) is 0. The van der Waals surface area contributed by atoms with Gasteiger partial charge in [0.25, 0.3) is 0 Å². The van der Waals surface area contributed by atoms with Crippen molar-refractivity contribution in [3.05, 3.63) is 24.3 Å². The molecule has 18 heavy (non-hydrogen) atoms. The smallest absolute Gasteiger partial charge is 0.320 e. The van der Waals surface area contributed by atoms with Gasteiger partial charge in [0.05, 0.1) is 0 Å². The molecular formula is C9H11N3O5S. The fraction of sp³-hybridized carbons (Fsp3) is 0.111. The maximum absolute atomic E-state index is 11.3. The summed E-state index contributed by atoms with van der Waals surface area (Å²) >= 11 is 0. The Balaban J connectivity index is 2.75. The number of urea groups is 1. The number of carbonyl (C=O) groups excluding carboxylic acids is 1. The molecule has 0 aliphatic heterocycles. The Hall–Kier alpha value is -2.29. The molecule has 0 unspecified atom stereocenters. The van der Waals surface area contributed by atoms with E-state index in [-0.39, 0.29) is 5.69 Å². The van der Waals surface area contributed by atoms with E-state index in [1.807, 2.05) is 0 Å². The molecule has 5 N–H and O–H groups in total. The van der Waals surface area contributed by atoms with Gasteiger partial charge in [0.2, 0.25) is 10.0 Å². The van der Waals surface area contributed by atoms with Crippen molar-refractivity contribution in [2.24, 2.45) is 5.73 Å². The van der Waals surface area contributed by atoms with E-state index in [0.29, 0.717) is 5.69 Å². The second-order valence-corrected chi connectivity index (χ2v) is 5.04. The van der Waals surface area contributed by atoms with E-state index in [1.165, 1.54) is 24.3 Å². The Morgan fingerprint density at radius 3 is 2.11 bits per heavy atom. The molecule has 0 atom stereocenters. The molecule has 0 aliphatic rings. The van der Waals surface area contributed by atoms with Crippen molar-refractivity contribution in [2.75, 3.05) is 15.8 Å². The lowest BCUT2D eigenvalue weighted by Gasteiger charge is -2.07. The van der Waals surface area contributed by atoms with Crippen LogP contribution in [-0.2, 0) is 14.8 Å². The van der Waals surface area contributed by atoms with Gasteiger partial charge >= 0.3 is 12.0 Å². The van der Waals surface area contributed by atoms with Gasteiger partial charge in [0.15, 0.2) is 5.75 Å². The van der Waals surface area contributed by atoms with Crippen LogP contribution in [-0.4, -0.2) is 31.3 Å². The highest BCUT2D eigenvalue weighted by Gasteiger charge is 2.15. The number of sulfonamides is 1. The van der Waals surface area contributed by atoms with Crippen molar-refractivity contribution < 1.29 is 23.1 Å². The number of nitrogens with two attached hydrogens (primary N) is 1. The number of carboxylic acid groups (broad SMARTS) is 1. The Bertz CT molecular complexity index is 552. The summed E-state index contributed by atoms with van der Waals surface area (Å²) in [6.45, 7) is 0. The Kier molecular flexibility index (Phi) is 4.10. The standard InChI is InChI=1S/C9H11N3O5S/c10-9(15)11-6-1-3-7(4-2-6)12-18(16,17)5-8(13)14/h1-4,12H,5H2,(H,13,14)(H3,10,11,15). The molecule has 0 aromatic heterocycles. The van der Waals surface area contributed by atoms with Gasteiger partial charge < -0.3 is 16.2 Å². The fourth-order valence-electron chi connectivity index (χ4n) is 1.14. The third-order valence-corrected chi connectivity index (χ3v) is 2.91. The maximum Gasteiger partial charge on any atom is 0.320 e. The van der Waals surface area contributed by atoms with E-state index in [1.54, 1.807) is 0 Å². The van der Waals surface area contributed by atoms with Crippen LogP contribution in [0.3, 0.4) is 0 Å². The molecule has 1 aromatic carbocycles. The van der Waals surface area contributed by atoms with E-state index < -0.39 is 27.8 Å². The van der Waals surface area contributed by atoms with Gasteiger partial charge in [-0.25, -0.2) is 13.2 Å². The third kappa shape index (κ3) is 4.70. The molecule has 0 saturated heterocycles. The Morgan fingerprint density at radius 1 is 1.17 bits per heavy atom. The molecule has 98 valence electrons. The van der Waals surface area contributed by atoms with E-state index in [0.717, 1.165) is 0 Å². The number of hydrogen-bond donors (Lipinski definition) is 4. The summed E-state index contributed by atoms with van der Waals surface area (Å²) < 4.78 is 24.7. The third-order valence-electron chi connectivity index (χ3n) is 1.74. The molecule has 0 spiro atoms. The van der Waals surface area contributed by atoms with Crippen molar-refractivity contribution in [1.29, 1.82) is 0 Å². The number of aliphatic carboxylic acids is 1. The fourth-order valence-corrected chi connectivity index (χ4v) is 2.03. The Labute approximate surface area is 103 Å². The number of carboxylic acids is 1. The number of nitrogens with one attached hydrogen (secondary N) is 2. The van der Waals surface area contributed by atoms with Gasteiger partial charge in [0.1, 0.15) is 0 Å².